The highest BCUT2D eigenvalue weighted by Gasteiger charge is 2.27. The van der Waals surface area contributed by atoms with Crippen molar-refractivity contribution in [2.45, 2.75) is 204 Å². The van der Waals surface area contributed by atoms with Crippen LogP contribution in [0.25, 0.3) is 11.0 Å². The standard InChI is InChI=1S/C51H91N4O11P.H3N/c1-37(2)17-11-19-39(5)21-13-23-41(7)25-15-27-43(9)33-48(56)62-35-45(65-49(57)34-44(10)28-16-26-42(8)24-14-22-40(6)20-12-18-38(3)4)36-64-67(60,61)63-32-31-52-46-29-30-47(55(58)59)51-50(46)53-66-54-51;/h29-30,37-45,52H,11-28,31-36H2,1-10H3,(H,60,61);1H3/t39?,40?,41?,42?,43?,44?,45-;/m1./s1. The van der Waals surface area contributed by atoms with Gasteiger partial charge in [0.25, 0.3) is 0 Å². The molecular formula is C51H94N5O11P. The normalized spacial score (nSPS) is 15.8. The summed E-state index contributed by atoms with van der Waals surface area (Å²) >= 11 is 0. The Morgan fingerprint density at radius 1 is 0.647 bits per heavy atom. The van der Waals surface area contributed by atoms with Crippen LogP contribution in [0.2, 0.25) is 0 Å². The first-order chi connectivity index (χ1) is 31.7. The quantitative estimate of drug-likeness (QED) is 0.0185. The molecule has 16 nitrogen and oxygen atoms in total. The summed E-state index contributed by atoms with van der Waals surface area (Å²) in [4.78, 5) is 47.4. The van der Waals surface area contributed by atoms with Gasteiger partial charge in [0, 0.05) is 25.5 Å². The molecule has 5 N–H and O–H groups in total. The number of nitro groups is 1. The molecule has 0 fully saturated rings. The van der Waals surface area contributed by atoms with E-state index in [4.69, 9.17) is 18.5 Å². The average molecular weight is 984 g/mol. The third kappa shape index (κ3) is 29.1. The van der Waals surface area contributed by atoms with Gasteiger partial charge in [0.2, 0.25) is 5.52 Å². The van der Waals surface area contributed by atoms with Gasteiger partial charge in [-0.05, 0) is 63.7 Å². The summed E-state index contributed by atoms with van der Waals surface area (Å²) in [7, 11) is -4.66. The number of ether oxygens (including phenoxy) is 2. The van der Waals surface area contributed by atoms with Gasteiger partial charge < -0.3 is 25.8 Å². The second-order valence-corrected chi connectivity index (χ2v) is 22.5. The van der Waals surface area contributed by atoms with E-state index in [-0.39, 0.29) is 67.3 Å². The van der Waals surface area contributed by atoms with Crippen molar-refractivity contribution < 1.29 is 47.1 Å². The summed E-state index contributed by atoms with van der Waals surface area (Å²) in [6, 6.07) is 2.66. The van der Waals surface area contributed by atoms with Crippen LogP contribution in [0.5, 0.6) is 0 Å². The average Bonchev–Trinajstić information content (AvgIpc) is 3.73. The topological polar surface area (TPSA) is 237 Å². The van der Waals surface area contributed by atoms with Crippen molar-refractivity contribution in [2.75, 3.05) is 31.7 Å². The summed E-state index contributed by atoms with van der Waals surface area (Å²) in [5, 5.41) is 21.5. The predicted octanol–water partition coefficient (Wildman–Crippen LogP) is 14.2. The number of nitrogens with one attached hydrogen (secondary N) is 1. The van der Waals surface area contributed by atoms with Crippen LogP contribution in [-0.2, 0) is 32.7 Å². The minimum Gasteiger partial charge on any atom is -0.462 e. The molecule has 2 aromatic rings. The number of non-ortho nitro benzene ring substituents is 1. The highest BCUT2D eigenvalue weighted by Crippen LogP contribution is 2.43. The minimum absolute atomic E-state index is 0. The number of benzene rings is 1. The largest absolute Gasteiger partial charge is 0.472 e. The fraction of sp³-hybridized carbons (Fsp3) is 0.843. The van der Waals surface area contributed by atoms with Crippen molar-refractivity contribution in [3.05, 3.63) is 22.2 Å². The van der Waals surface area contributed by atoms with Crippen molar-refractivity contribution in [2.24, 2.45) is 47.3 Å². The van der Waals surface area contributed by atoms with E-state index in [9.17, 15) is 29.2 Å². The highest BCUT2D eigenvalue weighted by atomic mass is 31.2. The molecule has 0 saturated heterocycles. The number of hydrogen-bond acceptors (Lipinski definition) is 14. The molecule has 8 atom stereocenters. The lowest BCUT2D eigenvalue weighted by molar-refractivity contribution is -0.383. The summed E-state index contributed by atoms with van der Waals surface area (Å²) in [6.45, 7) is 21.4. The number of anilines is 1. The number of phosphoric ester groups is 1. The molecule has 2 rings (SSSR count). The first-order valence-electron chi connectivity index (χ1n) is 25.8. The van der Waals surface area contributed by atoms with Crippen molar-refractivity contribution in [1.82, 2.24) is 16.5 Å². The van der Waals surface area contributed by atoms with Gasteiger partial charge in [-0.3, -0.25) is 28.8 Å². The molecule has 1 aromatic heterocycles. The van der Waals surface area contributed by atoms with E-state index in [0.29, 0.717) is 17.5 Å². The molecule has 0 aliphatic heterocycles. The zero-order chi connectivity index (χ0) is 49.8. The third-order valence-electron chi connectivity index (χ3n) is 13.0. The molecule has 394 valence electrons. The van der Waals surface area contributed by atoms with Gasteiger partial charge >= 0.3 is 25.4 Å². The number of carbonyl (C=O) groups is 2. The highest BCUT2D eigenvalue weighted by molar-refractivity contribution is 7.47. The fourth-order valence-electron chi connectivity index (χ4n) is 8.66. The molecule has 1 aromatic carbocycles. The van der Waals surface area contributed by atoms with E-state index in [2.05, 4.69) is 75.6 Å². The molecule has 17 heteroatoms. The maximum Gasteiger partial charge on any atom is 0.472 e. The van der Waals surface area contributed by atoms with Crippen molar-refractivity contribution >= 4 is 42.2 Å². The van der Waals surface area contributed by atoms with Crippen molar-refractivity contribution in [1.29, 1.82) is 0 Å². The predicted molar refractivity (Wildman–Crippen MR) is 272 cm³/mol. The van der Waals surface area contributed by atoms with Crippen LogP contribution >= 0.6 is 7.82 Å². The number of rotatable bonds is 40. The summed E-state index contributed by atoms with van der Waals surface area (Å²) in [5.41, 5.74) is 0.135. The van der Waals surface area contributed by atoms with E-state index < -0.39 is 37.4 Å². The Hall–Kier alpha value is -3.17. The summed E-state index contributed by atoms with van der Waals surface area (Å²) < 4.78 is 39.3. The fourth-order valence-corrected chi connectivity index (χ4v) is 9.41. The summed E-state index contributed by atoms with van der Waals surface area (Å²) in [6.07, 6.45) is 20.5. The Balaban J connectivity index is 0.0000231. The maximum absolute atomic E-state index is 13.2. The van der Waals surface area contributed by atoms with Crippen LogP contribution in [0, 0.1) is 57.5 Å². The molecule has 1 heterocycles. The minimum atomic E-state index is -4.66. The lowest BCUT2D eigenvalue weighted by Crippen LogP contribution is -2.30. The first kappa shape index (κ1) is 62.8. The molecular weight excluding hydrogens is 890 g/mol. The number of aromatic nitrogens is 2. The van der Waals surface area contributed by atoms with Crippen LogP contribution < -0.4 is 11.5 Å². The van der Waals surface area contributed by atoms with Crippen LogP contribution in [0.4, 0.5) is 11.4 Å². The Kier molecular flexibility index (Phi) is 32.4. The molecule has 68 heavy (non-hydrogen) atoms. The molecule has 7 unspecified atom stereocenters. The Labute approximate surface area is 409 Å². The zero-order valence-electron chi connectivity index (χ0n) is 43.8. The molecule has 0 radical (unpaired) electrons. The van der Waals surface area contributed by atoms with Crippen molar-refractivity contribution in [3.63, 3.8) is 0 Å². The number of hydrogen-bond donors (Lipinski definition) is 3. The lowest BCUT2D eigenvalue weighted by Gasteiger charge is -2.21. The number of nitrogens with zero attached hydrogens (tertiary/aromatic N) is 3. The Morgan fingerprint density at radius 2 is 1.07 bits per heavy atom. The zero-order valence-corrected chi connectivity index (χ0v) is 44.7. The van der Waals surface area contributed by atoms with E-state index in [1.54, 1.807) is 0 Å². The SMILES string of the molecule is CC(C)CCCC(C)CCCC(C)CCCC(C)CC(=O)OC[C@H](COP(=O)(O)OCCNc1ccc([N+](=O)[O-])c2nonc12)OC(=O)CC(C)CCCC(C)CCCC(C)CCCC(C)C.N. The van der Waals surface area contributed by atoms with E-state index in [1.807, 2.05) is 13.8 Å². The van der Waals surface area contributed by atoms with Gasteiger partial charge in [-0.25, -0.2) is 9.19 Å². The van der Waals surface area contributed by atoms with Crippen LogP contribution in [0.15, 0.2) is 16.8 Å². The maximum atomic E-state index is 13.2. The molecule has 0 bridgehead atoms. The third-order valence-corrected chi connectivity index (χ3v) is 14.0. The number of carbonyl (C=O) groups excluding carboxylic acids is 2. The van der Waals surface area contributed by atoms with Gasteiger partial charge in [0.05, 0.1) is 23.8 Å². The van der Waals surface area contributed by atoms with E-state index >= 15 is 0 Å². The van der Waals surface area contributed by atoms with Gasteiger partial charge in [0.1, 0.15) is 6.61 Å². The first-order valence-corrected chi connectivity index (χ1v) is 27.3. The smallest absolute Gasteiger partial charge is 0.462 e. The van der Waals surface area contributed by atoms with E-state index in [0.717, 1.165) is 62.2 Å². The number of esters is 2. The number of phosphoric acid groups is 1. The van der Waals surface area contributed by atoms with Gasteiger partial charge in [-0.15, -0.1) is 0 Å². The van der Waals surface area contributed by atoms with Gasteiger partial charge in [0.15, 0.2) is 11.6 Å². The Morgan fingerprint density at radius 3 is 1.53 bits per heavy atom. The lowest BCUT2D eigenvalue weighted by atomic mass is 9.91. The van der Waals surface area contributed by atoms with Gasteiger partial charge in [-0.1, -0.05) is 185 Å². The summed E-state index contributed by atoms with van der Waals surface area (Å²) in [5.74, 6) is 3.55. The van der Waals surface area contributed by atoms with Crippen LogP contribution in [-0.4, -0.2) is 64.5 Å². The molecule has 0 aliphatic carbocycles. The number of nitro benzene ring substituents is 1. The molecule has 0 spiro atoms. The molecule has 0 aliphatic rings. The Bertz CT molecular complexity index is 1730. The number of fused-ring (bicyclic) bond motifs is 1. The second-order valence-electron chi connectivity index (χ2n) is 21.1. The van der Waals surface area contributed by atoms with E-state index in [1.165, 1.54) is 89.2 Å². The molecule has 0 amide bonds. The molecule has 0 saturated carbocycles. The van der Waals surface area contributed by atoms with Crippen LogP contribution in [0.3, 0.4) is 0 Å². The monoisotopic (exact) mass is 984 g/mol. The van der Waals surface area contributed by atoms with Gasteiger partial charge in [-0.2, -0.15) is 0 Å². The van der Waals surface area contributed by atoms with Crippen molar-refractivity contribution in [3.8, 4) is 0 Å². The van der Waals surface area contributed by atoms with Crippen LogP contribution in [0.1, 0.15) is 198 Å². The second kappa shape index (κ2) is 35.0.